The molecule has 0 radical (unpaired) electrons. The fraction of sp³-hybridized carbons (Fsp3) is 0.350. The van der Waals surface area contributed by atoms with E-state index in [4.69, 9.17) is 9.15 Å². The van der Waals surface area contributed by atoms with Crippen molar-refractivity contribution in [2.24, 2.45) is 0 Å². The van der Waals surface area contributed by atoms with Crippen molar-refractivity contribution in [1.29, 1.82) is 0 Å². The lowest BCUT2D eigenvalue weighted by molar-refractivity contribution is 0.0561. The van der Waals surface area contributed by atoms with Crippen molar-refractivity contribution in [3.8, 4) is 11.5 Å². The van der Waals surface area contributed by atoms with Crippen LogP contribution in [-0.2, 0) is 0 Å². The van der Waals surface area contributed by atoms with Crippen LogP contribution in [0.15, 0.2) is 39.5 Å². The number of benzene rings is 2. The van der Waals surface area contributed by atoms with E-state index in [0.29, 0.717) is 36.5 Å². The summed E-state index contributed by atoms with van der Waals surface area (Å²) >= 11 is 0. The number of rotatable bonds is 2. The molecule has 1 aliphatic carbocycles. The van der Waals surface area contributed by atoms with Gasteiger partial charge in [0.1, 0.15) is 17.0 Å². The van der Waals surface area contributed by atoms with Crippen LogP contribution in [0.25, 0.3) is 21.7 Å². The largest absolute Gasteiger partial charge is 0.508 e. The predicted molar refractivity (Wildman–Crippen MR) is 94.0 cm³/mol. The second-order valence-electron chi connectivity index (χ2n) is 7.13. The SMILES string of the molecule is CC1(F)CCC(Oc2cc3c(=O)oc4cc(O)ccc4c3cc2F)CC1. The predicted octanol–water partition coefficient (Wildman–Crippen LogP) is 4.84. The zero-order chi connectivity index (χ0) is 18.5. The molecule has 3 aromatic rings. The third-order valence-electron chi connectivity index (χ3n) is 5.02. The number of halogens is 2. The van der Waals surface area contributed by atoms with E-state index in [-0.39, 0.29) is 28.6 Å². The quantitative estimate of drug-likeness (QED) is 0.525. The Morgan fingerprint density at radius 1 is 1.15 bits per heavy atom. The molecule has 4 rings (SSSR count). The van der Waals surface area contributed by atoms with Crippen LogP contribution in [0.1, 0.15) is 32.6 Å². The fourth-order valence-electron chi connectivity index (χ4n) is 3.50. The minimum Gasteiger partial charge on any atom is -0.508 e. The smallest absolute Gasteiger partial charge is 0.344 e. The van der Waals surface area contributed by atoms with Crippen molar-refractivity contribution in [3.05, 3.63) is 46.6 Å². The topological polar surface area (TPSA) is 59.7 Å². The van der Waals surface area contributed by atoms with E-state index in [2.05, 4.69) is 0 Å². The molecule has 0 atom stereocenters. The molecule has 1 heterocycles. The summed E-state index contributed by atoms with van der Waals surface area (Å²) in [7, 11) is 0. The highest BCUT2D eigenvalue weighted by atomic mass is 19.1. The molecule has 1 N–H and O–H groups in total. The van der Waals surface area contributed by atoms with Crippen LogP contribution in [0.5, 0.6) is 11.5 Å². The van der Waals surface area contributed by atoms with Crippen LogP contribution in [0, 0.1) is 5.82 Å². The molecule has 0 spiro atoms. The maximum Gasteiger partial charge on any atom is 0.344 e. The Balaban J connectivity index is 1.75. The molecule has 0 bridgehead atoms. The summed E-state index contributed by atoms with van der Waals surface area (Å²) < 4.78 is 39.4. The van der Waals surface area contributed by atoms with Gasteiger partial charge in [-0.1, -0.05) is 0 Å². The molecular weight excluding hydrogens is 342 g/mol. The average Bonchev–Trinajstić information content (AvgIpc) is 2.57. The lowest BCUT2D eigenvalue weighted by Gasteiger charge is -2.31. The Morgan fingerprint density at radius 3 is 2.62 bits per heavy atom. The zero-order valence-corrected chi connectivity index (χ0v) is 14.2. The van der Waals surface area contributed by atoms with Crippen molar-refractivity contribution >= 4 is 21.7 Å². The van der Waals surface area contributed by atoms with Gasteiger partial charge in [0.15, 0.2) is 11.6 Å². The second-order valence-corrected chi connectivity index (χ2v) is 7.13. The van der Waals surface area contributed by atoms with Gasteiger partial charge in [0.2, 0.25) is 0 Å². The monoisotopic (exact) mass is 360 g/mol. The highest BCUT2D eigenvalue weighted by molar-refractivity contribution is 6.05. The van der Waals surface area contributed by atoms with Crippen molar-refractivity contribution in [2.45, 2.75) is 44.4 Å². The van der Waals surface area contributed by atoms with Crippen molar-refractivity contribution in [3.63, 3.8) is 0 Å². The standard InChI is InChI=1S/C20H18F2O4/c1-20(22)6-4-12(5-7-20)25-18-10-15-14(9-16(18)21)13-3-2-11(23)8-17(13)26-19(15)24/h2-3,8-10,12,23H,4-7H2,1H3. The lowest BCUT2D eigenvalue weighted by Crippen LogP contribution is -2.31. The molecule has 1 saturated carbocycles. The molecular formula is C20H18F2O4. The van der Waals surface area contributed by atoms with Crippen LogP contribution < -0.4 is 10.4 Å². The van der Waals surface area contributed by atoms with E-state index in [1.807, 2.05) is 0 Å². The molecule has 1 fully saturated rings. The van der Waals surface area contributed by atoms with Gasteiger partial charge in [0.25, 0.3) is 0 Å². The first-order chi connectivity index (χ1) is 12.3. The summed E-state index contributed by atoms with van der Waals surface area (Å²) in [5, 5.41) is 10.6. The first-order valence-corrected chi connectivity index (χ1v) is 8.57. The van der Waals surface area contributed by atoms with Gasteiger partial charge < -0.3 is 14.3 Å². The van der Waals surface area contributed by atoms with E-state index in [1.54, 1.807) is 13.0 Å². The summed E-state index contributed by atoms with van der Waals surface area (Å²) in [5.74, 6) is -0.668. The molecule has 0 aliphatic heterocycles. The fourth-order valence-corrected chi connectivity index (χ4v) is 3.50. The molecule has 2 aromatic carbocycles. The first-order valence-electron chi connectivity index (χ1n) is 8.57. The van der Waals surface area contributed by atoms with E-state index in [0.717, 1.165) is 0 Å². The van der Waals surface area contributed by atoms with Gasteiger partial charge in [0.05, 0.1) is 11.5 Å². The number of ether oxygens (including phenoxy) is 1. The summed E-state index contributed by atoms with van der Waals surface area (Å²) in [6, 6.07) is 6.91. The molecule has 0 saturated heterocycles. The molecule has 1 aliphatic rings. The number of phenols is 1. The van der Waals surface area contributed by atoms with Gasteiger partial charge >= 0.3 is 5.63 Å². The summed E-state index contributed by atoms with van der Waals surface area (Å²) in [4.78, 5) is 12.3. The van der Waals surface area contributed by atoms with Gasteiger partial charge in [0, 0.05) is 16.8 Å². The Labute approximate surface area is 148 Å². The molecule has 0 unspecified atom stereocenters. The Kier molecular flexibility index (Phi) is 3.86. The van der Waals surface area contributed by atoms with Crippen LogP contribution in [0.3, 0.4) is 0 Å². The Bertz CT molecular complexity index is 1050. The molecule has 4 nitrogen and oxygen atoms in total. The summed E-state index contributed by atoms with van der Waals surface area (Å²) in [6.07, 6.45) is 1.44. The Morgan fingerprint density at radius 2 is 1.88 bits per heavy atom. The number of hydrogen-bond donors (Lipinski definition) is 1. The minimum absolute atomic E-state index is 0.0320. The third-order valence-corrected chi connectivity index (χ3v) is 5.02. The molecule has 136 valence electrons. The third kappa shape index (κ3) is 3.00. The summed E-state index contributed by atoms with van der Waals surface area (Å²) in [5.41, 5.74) is -1.65. The van der Waals surface area contributed by atoms with Crippen LogP contribution in [0.2, 0.25) is 0 Å². The number of alkyl halides is 1. The molecule has 1 aromatic heterocycles. The highest BCUT2D eigenvalue weighted by Gasteiger charge is 2.32. The van der Waals surface area contributed by atoms with E-state index in [1.165, 1.54) is 24.3 Å². The first kappa shape index (κ1) is 16.8. The van der Waals surface area contributed by atoms with Crippen molar-refractivity contribution in [2.75, 3.05) is 0 Å². The van der Waals surface area contributed by atoms with E-state index >= 15 is 0 Å². The van der Waals surface area contributed by atoms with Gasteiger partial charge in [-0.05, 0) is 56.9 Å². The van der Waals surface area contributed by atoms with Crippen LogP contribution >= 0.6 is 0 Å². The Hall–Kier alpha value is -2.63. The highest BCUT2D eigenvalue weighted by Crippen LogP contribution is 2.35. The number of fused-ring (bicyclic) bond motifs is 3. The second kappa shape index (κ2) is 5.97. The average molecular weight is 360 g/mol. The molecule has 26 heavy (non-hydrogen) atoms. The van der Waals surface area contributed by atoms with Crippen LogP contribution in [-0.4, -0.2) is 16.9 Å². The van der Waals surface area contributed by atoms with Gasteiger partial charge in [-0.15, -0.1) is 0 Å². The van der Waals surface area contributed by atoms with E-state index in [9.17, 15) is 18.7 Å². The van der Waals surface area contributed by atoms with Gasteiger partial charge in [-0.2, -0.15) is 0 Å². The number of hydrogen-bond acceptors (Lipinski definition) is 4. The summed E-state index contributed by atoms with van der Waals surface area (Å²) in [6.45, 7) is 1.56. The maximum absolute atomic E-state index is 14.6. The zero-order valence-electron chi connectivity index (χ0n) is 14.2. The number of phenolic OH excluding ortho intramolecular Hbond substituents is 1. The minimum atomic E-state index is -1.20. The van der Waals surface area contributed by atoms with E-state index < -0.39 is 17.1 Å². The maximum atomic E-state index is 14.6. The number of aromatic hydroxyl groups is 1. The van der Waals surface area contributed by atoms with Crippen molar-refractivity contribution < 1.29 is 23.0 Å². The lowest BCUT2D eigenvalue weighted by atomic mass is 9.86. The van der Waals surface area contributed by atoms with Crippen LogP contribution in [0.4, 0.5) is 8.78 Å². The molecule has 0 amide bonds. The van der Waals surface area contributed by atoms with Crippen molar-refractivity contribution in [1.82, 2.24) is 0 Å². The normalized spacial score (nSPS) is 23.4. The van der Waals surface area contributed by atoms with Gasteiger partial charge in [-0.25, -0.2) is 13.6 Å². The van der Waals surface area contributed by atoms with Gasteiger partial charge in [-0.3, -0.25) is 0 Å². The molecule has 6 heteroatoms.